The summed E-state index contributed by atoms with van der Waals surface area (Å²) >= 11 is 0. The van der Waals surface area contributed by atoms with Gasteiger partial charge in [0.2, 0.25) is 10.0 Å². The fraction of sp³-hybridized carbons (Fsp3) is 0.333. The van der Waals surface area contributed by atoms with Crippen molar-refractivity contribution >= 4 is 21.4 Å². The Balaban J connectivity index is 2.77. The summed E-state index contributed by atoms with van der Waals surface area (Å²) < 4.78 is 46.6. The fourth-order valence-corrected chi connectivity index (χ4v) is 1.64. The second kappa shape index (κ2) is 5.28. The predicted octanol–water partition coefficient (Wildman–Crippen LogP) is 0.907. The molecule has 1 aromatic carbocycles. The minimum absolute atomic E-state index is 0.0392. The number of primary sulfonamides is 1. The SMILES string of the molecule is Nc1ccc(NCCS(N)(=O)=O)c(C(F)F)c1. The topological polar surface area (TPSA) is 98.2 Å². The third-order valence-electron chi connectivity index (χ3n) is 2.01. The smallest absolute Gasteiger partial charge is 0.265 e. The highest BCUT2D eigenvalue weighted by Gasteiger charge is 2.13. The third-order valence-corrected chi connectivity index (χ3v) is 2.79. The lowest BCUT2D eigenvalue weighted by molar-refractivity contribution is 0.152. The maximum Gasteiger partial charge on any atom is 0.265 e. The molecule has 0 fully saturated rings. The first-order valence-electron chi connectivity index (χ1n) is 4.71. The molecule has 8 heteroatoms. The number of nitrogen functional groups attached to an aromatic ring is 1. The molecular weight excluding hydrogens is 252 g/mol. The van der Waals surface area contributed by atoms with Crippen LogP contribution < -0.4 is 16.2 Å². The van der Waals surface area contributed by atoms with Gasteiger partial charge in [0.1, 0.15) is 0 Å². The van der Waals surface area contributed by atoms with Crippen LogP contribution in [0, 0.1) is 0 Å². The van der Waals surface area contributed by atoms with E-state index >= 15 is 0 Å². The van der Waals surface area contributed by atoms with Crippen LogP contribution in [0.25, 0.3) is 0 Å². The van der Waals surface area contributed by atoms with Gasteiger partial charge in [-0.2, -0.15) is 0 Å². The summed E-state index contributed by atoms with van der Waals surface area (Å²) in [6.07, 6.45) is -2.68. The molecule has 0 aromatic heterocycles. The molecule has 0 amide bonds. The summed E-state index contributed by atoms with van der Waals surface area (Å²) in [6.45, 7) is -0.0392. The van der Waals surface area contributed by atoms with Gasteiger partial charge < -0.3 is 11.1 Å². The van der Waals surface area contributed by atoms with Crippen molar-refractivity contribution in [2.24, 2.45) is 5.14 Å². The number of alkyl halides is 2. The molecule has 0 bridgehead atoms. The van der Waals surface area contributed by atoms with Crippen LogP contribution >= 0.6 is 0 Å². The molecule has 96 valence electrons. The number of sulfonamides is 1. The zero-order chi connectivity index (χ0) is 13.1. The molecule has 5 N–H and O–H groups in total. The van der Waals surface area contributed by atoms with E-state index in [0.717, 1.165) is 6.07 Å². The first-order chi connectivity index (χ1) is 7.79. The van der Waals surface area contributed by atoms with Crippen molar-refractivity contribution in [1.82, 2.24) is 0 Å². The third kappa shape index (κ3) is 4.53. The van der Waals surface area contributed by atoms with Gasteiger partial charge in [0.15, 0.2) is 0 Å². The van der Waals surface area contributed by atoms with Gasteiger partial charge in [-0.25, -0.2) is 22.3 Å². The van der Waals surface area contributed by atoms with Crippen molar-refractivity contribution in [3.63, 3.8) is 0 Å². The van der Waals surface area contributed by atoms with E-state index in [4.69, 9.17) is 10.9 Å². The zero-order valence-electron chi connectivity index (χ0n) is 8.86. The Morgan fingerprint density at radius 2 is 2.00 bits per heavy atom. The molecule has 0 spiro atoms. The van der Waals surface area contributed by atoms with E-state index in [1.165, 1.54) is 12.1 Å². The number of halogens is 2. The number of hydrogen-bond acceptors (Lipinski definition) is 4. The number of nitrogens with two attached hydrogens (primary N) is 2. The summed E-state index contributed by atoms with van der Waals surface area (Å²) in [7, 11) is -3.61. The average Bonchev–Trinajstić information content (AvgIpc) is 2.18. The van der Waals surface area contributed by atoms with Crippen LogP contribution in [0.3, 0.4) is 0 Å². The highest BCUT2D eigenvalue weighted by Crippen LogP contribution is 2.28. The Morgan fingerprint density at radius 3 is 2.53 bits per heavy atom. The fourth-order valence-electron chi connectivity index (χ4n) is 1.25. The molecule has 0 radical (unpaired) electrons. The van der Waals surface area contributed by atoms with Crippen molar-refractivity contribution in [3.05, 3.63) is 23.8 Å². The molecule has 0 unspecified atom stereocenters. The largest absolute Gasteiger partial charge is 0.399 e. The van der Waals surface area contributed by atoms with E-state index in [9.17, 15) is 17.2 Å². The minimum Gasteiger partial charge on any atom is -0.399 e. The number of nitrogens with one attached hydrogen (secondary N) is 1. The van der Waals surface area contributed by atoms with Crippen LogP contribution in [0.1, 0.15) is 12.0 Å². The van der Waals surface area contributed by atoms with E-state index in [-0.39, 0.29) is 29.2 Å². The Hall–Kier alpha value is -1.41. The van der Waals surface area contributed by atoms with Gasteiger partial charge in [0.05, 0.1) is 5.75 Å². The van der Waals surface area contributed by atoms with Crippen LogP contribution in [-0.4, -0.2) is 20.7 Å². The number of anilines is 2. The molecular formula is C9H13F2N3O2S. The van der Waals surface area contributed by atoms with Crippen LogP contribution in [0.4, 0.5) is 20.2 Å². The van der Waals surface area contributed by atoms with Crippen molar-refractivity contribution < 1.29 is 17.2 Å². The number of rotatable bonds is 5. The summed E-state index contributed by atoms with van der Waals surface area (Å²) in [5.41, 5.74) is 5.49. The first-order valence-corrected chi connectivity index (χ1v) is 6.43. The lowest BCUT2D eigenvalue weighted by Gasteiger charge is -2.11. The lowest BCUT2D eigenvalue weighted by Crippen LogP contribution is -2.22. The molecule has 5 nitrogen and oxygen atoms in total. The maximum atomic E-state index is 12.6. The van der Waals surface area contributed by atoms with Gasteiger partial charge in [0, 0.05) is 23.5 Å². The Kier molecular flexibility index (Phi) is 4.24. The highest BCUT2D eigenvalue weighted by atomic mass is 32.2. The van der Waals surface area contributed by atoms with Crippen molar-refractivity contribution in [2.45, 2.75) is 6.43 Å². The maximum absolute atomic E-state index is 12.6. The summed E-state index contributed by atoms with van der Waals surface area (Å²) in [6, 6.07) is 3.97. The normalized spacial score (nSPS) is 11.8. The molecule has 0 saturated heterocycles. The summed E-state index contributed by atoms with van der Waals surface area (Å²) in [4.78, 5) is 0. The van der Waals surface area contributed by atoms with Crippen molar-refractivity contribution in [3.8, 4) is 0 Å². The molecule has 0 aliphatic rings. The standard InChI is InChI=1S/C9H13F2N3O2S/c10-9(11)7-5-6(12)1-2-8(7)14-3-4-17(13,15)16/h1-2,5,9,14H,3-4,12H2,(H2,13,15,16). The predicted molar refractivity (Wildman–Crippen MR) is 62.3 cm³/mol. The van der Waals surface area contributed by atoms with E-state index in [2.05, 4.69) is 5.32 Å². The van der Waals surface area contributed by atoms with E-state index < -0.39 is 16.4 Å². The highest BCUT2D eigenvalue weighted by molar-refractivity contribution is 7.89. The molecule has 0 heterocycles. The molecule has 0 aliphatic heterocycles. The second-order valence-corrected chi connectivity index (χ2v) is 5.18. The van der Waals surface area contributed by atoms with E-state index in [1.54, 1.807) is 0 Å². The molecule has 0 saturated carbocycles. The quantitative estimate of drug-likeness (QED) is 0.689. The second-order valence-electron chi connectivity index (χ2n) is 3.44. The van der Waals surface area contributed by atoms with Gasteiger partial charge in [-0.1, -0.05) is 0 Å². The number of benzene rings is 1. The van der Waals surface area contributed by atoms with Crippen molar-refractivity contribution in [2.75, 3.05) is 23.3 Å². The van der Waals surface area contributed by atoms with Crippen LogP contribution in [0.15, 0.2) is 18.2 Å². The van der Waals surface area contributed by atoms with Gasteiger partial charge in [-0.3, -0.25) is 0 Å². The minimum atomic E-state index is -3.61. The Labute approximate surface area is 97.8 Å². The van der Waals surface area contributed by atoms with Gasteiger partial charge >= 0.3 is 0 Å². The van der Waals surface area contributed by atoms with Gasteiger partial charge in [0.25, 0.3) is 6.43 Å². The monoisotopic (exact) mass is 265 g/mol. The molecule has 0 aliphatic carbocycles. The Morgan fingerprint density at radius 1 is 1.35 bits per heavy atom. The van der Waals surface area contributed by atoms with Gasteiger partial charge in [-0.05, 0) is 18.2 Å². The van der Waals surface area contributed by atoms with E-state index in [0.29, 0.717) is 0 Å². The van der Waals surface area contributed by atoms with Gasteiger partial charge in [-0.15, -0.1) is 0 Å². The first kappa shape index (κ1) is 13.7. The molecule has 17 heavy (non-hydrogen) atoms. The van der Waals surface area contributed by atoms with Crippen LogP contribution in [0.2, 0.25) is 0 Å². The lowest BCUT2D eigenvalue weighted by atomic mass is 10.1. The van der Waals surface area contributed by atoms with Crippen molar-refractivity contribution in [1.29, 1.82) is 0 Å². The molecule has 1 aromatic rings. The molecule has 0 atom stereocenters. The summed E-state index contributed by atoms with van der Waals surface area (Å²) in [5, 5.41) is 7.37. The van der Waals surface area contributed by atoms with Crippen LogP contribution in [-0.2, 0) is 10.0 Å². The average molecular weight is 265 g/mol. The zero-order valence-corrected chi connectivity index (χ0v) is 9.68. The van der Waals surface area contributed by atoms with E-state index in [1.807, 2.05) is 0 Å². The van der Waals surface area contributed by atoms with Crippen LogP contribution in [0.5, 0.6) is 0 Å². The number of hydrogen-bond donors (Lipinski definition) is 3. The summed E-state index contributed by atoms with van der Waals surface area (Å²) in [5.74, 6) is -0.333. The Bertz CT molecular complexity index is 491. The molecule has 1 rings (SSSR count).